The summed E-state index contributed by atoms with van der Waals surface area (Å²) in [6, 6.07) is 6.14. The van der Waals surface area contributed by atoms with E-state index in [0.29, 0.717) is 40.2 Å². The number of fused-ring (bicyclic) bond motifs is 3. The number of nitrogens with one attached hydrogen (secondary N) is 1. The zero-order chi connectivity index (χ0) is 20.9. The molecule has 0 fully saturated rings. The molecule has 29 heavy (non-hydrogen) atoms. The van der Waals surface area contributed by atoms with E-state index in [4.69, 9.17) is 10.5 Å². The fourth-order valence-electron chi connectivity index (χ4n) is 4.01. The maximum Gasteiger partial charge on any atom is 0.270 e. The molecule has 1 amide bonds. The number of ether oxygens (including phenoxy) is 1. The van der Waals surface area contributed by atoms with Crippen molar-refractivity contribution >= 4 is 38.7 Å². The van der Waals surface area contributed by atoms with Gasteiger partial charge in [-0.2, -0.15) is 0 Å². The van der Waals surface area contributed by atoms with Crippen LogP contribution < -0.4 is 5.73 Å². The van der Waals surface area contributed by atoms with E-state index in [1.54, 1.807) is 23.1 Å². The Kier molecular flexibility index (Phi) is 5.08. The minimum absolute atomic E-state index is 0.128. The molecule has 0 bridgehead atoms. The first-order valence-electron chi connectivity index (χ1n) is 9.50. The summed E-state index contributed by atoms with van der Waals surface area (Å²) in [5, 5.41) is 0. The van der Waals surface area contributed by atoms with Crippen molar-refractivity contribution in [2.24, 2.45) is 0 Å². The Hall–Kier alpha value is -2.45. The van der Waals surface area contributed by atoms with Gasteiger partial charge >= 0.3 is 0 Å². The SMILES string of the molecule is CCN(C(=O)c1cc2nc(N)c3c(c2[nH]1)CO[C@@H]3C)[C@@H](C)c1ccc(Br)cc1F. The molecule has 152 valence electrons. The molecule has 2 atom stereocenters. The number of anilines is 1. The monoisotopic (exact) mass is 460 g/mol. The smallest absolute Gasteiger partial charge is 0.270 e. The van der Waals surface area contributed by atoms with Gasteiger partial charge in [0.25, 0.3) is 5.91 Å². The minimum Gasteiger partial charge on any atom is -0.383 e. The fraction of sp³-hybridized carbons (Fsp3) is 0.333. The Balaban J connectivity index is 1.72. The second kappa shape index (κ2) is 7.42. The summed E-state index contributed by atoms with van der Waals surface area (Å²) in [7, 11) is 0. The van der Waals surface area contributed by atoms with Gasteiger partial charge in [0.2, 0.25) is 0 Å². The molecule has 4 rings (SSSR count). The normalized spacial score (nSPS) is 16.8. The Morgan fingerprint density at radius 1 is 1.48 bits per heavy atom. The van der Waals surface area contributed by atoms with E-state index in [1.165, 1.54) is 6.07 Å². The van der Waals surface area contributed by atoms with Gasteiger partial charge < -0.3 is 20.4 Å². The first-order valence-corrected chi connectivity index (χ1v) is 10.3. The molecule has 0 saturated carbocycles. The van der Waals surface area contributed by atoms with Crippen molar-refractivity contribution in [3.8, 4) is 0 Å². The molecule has 0 radical (unpaired) electrons. The number of hydrogen-bond acceptors (Lipinski definition) is 4. The number of pyridine rings is 1. The van der Waals surface area contributed by atoms with Gasteiger partial charge in [-0.15, -0.1) is 0 Å². The van der Waals surface area contributed by atoms with Crippen LogP contribution in [0.25, 0.3) is 11.0 Å². The number of aromatic nitrogens is 2. The number of nitrogens with zero attached hydrogens (tertiary/aromatic N) is 2. The number of hydrogen-bond donors (Lipinski definition) is 2. The van der Waals surface area contributed by atoms with Gasteiger partial charge in [-0.25, -0.2) is 9.37 Å². The third-order valence-corrected chi connectivity index (χ3v) is 6.03. The average molecular weight is 461 g/mol. The topological polar surface area (TPSA) is 84.2 Å². The molecule has 0 saturated heterocycles. The number of amides is 1. The van der Waals surface area contributed by atoms with Crippen LogP contribution in [0, 0.1) is 5.82 Å². The number of benzene rings is 1. The standard InChI is InChI=1S/C21H22BrFN4O2/c1-4-27(10(2)13-6-5-12(22)7-15(13)23)21(28)17-8-16-19(25-17)14-9-29-11(3)18(14)20(24)26-16/h5-8,10-11,25H,4,9H2,1-3H3,(H2,24,26)/t10-,11+/m0/s1. The van der Waals surface area contributed by atoms with E-state index in [2.05, 4.69) is 25.9 Å². The van der Waals surface area contributed by atoms with Gasteiger partial charge in [-0.05, 0) is 39.0 Å². The van der Waals surface area contributed by atoms with Crippen LogP contribution in [0.1, 0.15) is 60.1 Å². The maximum atomic E-state index is 14.4. The number of rotatable bonds is 4. The van der Waals surface area contributed by atoms with Crippen molar-refractivity contribution in [3.63, 3.8) is 0 Å². The summed E-state index contributed by atoms with van der Waals surface area (Å²) in [6.07, 6.45) is -0.128. The van der Waals surface area contributed by atoms with Crippen LogP contribution in [0.2, 0.25) is 0 Å². The third kappa shape index (κ3) is 3.30. The zero-order valence-corrected chi connectivity index (χ0v) is 18.0. The van der Waals surface area contributed by atoms with Crippen molar-refractivity contribution in [2.45, 2.75) is 39.5 Å². The van der Waals surface area contributed by atoms with E-state index in [0.717, 1.165) is 16.6 Å². The van der Waals surface area contributed by atoms with Crippen molar-refractivity contribution < 1.29 is 13.9 Å². The highest BCUT2D eigenvalue weighted by atomic mass is 79.9. The molecule has 1 aliphatic rings. The lowest BCUT2D eigenvalue weighted by Gasteiger charge is -2.28. The number of H-pyrrole nitrogens is 1. The van der Waals surface area contributed by atoms with Crippen molar-refractivity contribution in [3.05, 3.63) is 56.9 Å². The summed E-state index contributed by atoms with van der Waals surface area (Å²) in [5.41, 5.74) is 10.2. The summed E-state index contributed by atoms with van der Waals surface area (Å²) < 4.78 is 20.8. The van der Waals surface area contributed by atoms with Crippen LogP contribution in [-0.2, 0) is 11.3 Å². The molecule has 3 heterocycles. The van der Waals surface area contributed by atoms with Crippen molar-refractivity contribution in [1.82, 2.24) is 14.9 Å². The molecule has 0 unspecified atom stereocenters. The van der Waals surface area contributed by atoms with E-state index < -0.39 is 6.04 Å². The van der Waals surface area contributed by atoms with Gasteiger partial charge in [0.1, 0.15) is 17.3 Å². The number of carbonyl (C=O) groups is 1. The van der Waals surface area contributed by atoms with Crippen LogP contribution >= 0.6 is 15.9 Å². The predicted molar refractivity (Wildman–Crippen MR) is 113 cm³/mol. The minimum atomic E-state index is -0.431. The van der Waals surface area contributed by atoms with Gasteiger partial charge in [0.05, 0.1) is 29.8 Å². The molecule has 0 spiro atoms. The number of aromatic amines is 1. The zero-order valence-electron chi connectivity index (χ0n) is 16.4. The molecule has 8 heteroatoms. The van der Waals surface area contributed by atoms with Crippen LogP contribution in [0.4, 0.5) is 10.2 Å². The quantitative estimate of drug-likeness (QED) is 0.581. The molecule has 3 aromatic rings. The second-order valence-corrected chi connectivity index (χ2v) is 8.13. The van der Waals surface area contributed by atoms with Gasteiger partial charge in [0.15, 0.2) is 0 Å². The third-order valence-electron chi connectivity index (χ3n) is 5.54. The molecule has 3 N–H and O–H groups in total. The summed E-state index contributed by atoms with van der Waals surface area (Å²) in [4.78, 5) is 22.5. The van der Waals surface area contributed by atoms with Gasteiger partial charge in [-0.1, -0.05) is 22.0 Å². The van der Waals surface area contributed by atoms with Crippen molar-refractivity contribution in [2.75, 3.05) is 12.3 Å². The maximum absolute atomic E-state index is 14.4. The van der Waals surface area contributed by atoms with Gasteiger partial charge in [0, 0.05) is 27.7 Å². The number of halogens is 2. The number of nitrogen functional groups attached to an aromatic ring is 1. The lowest BCUT2D eigenvalue weighted by molar-refractivity contribution is 0.0694. The Bertz CT molecular complexity index is 1110. The van der Waals surface area contributed by atoms with E-state index in [-0.39, 0.29) is 17.8 Å². The van der Waals surface area contributed by atoms with Crippen LogP contribution in [0.3, 0.4) is 0 Å². The molecule has 1 aromatic carbocycles. The Labute approximate surface area is 176 Å². The molecule has 6 nitrogen and oxygen atoms in total. The first-order chi connectivity index (χ1) is 13.8. The van der Waals surface area contributed by atoms with Crippen LogP contribution in [0.5, 0.6) is 0 Å². The highest BCUT2D eigenvalue weighted by Crippen LogP contribution is 2.38. The number of carbonyl (C=O) groups excluding carboxylic acids is 1. The van der Waals surface area contributed by atoms with E-state index in [1.807, 2.05) is 20.8 Å². The van der Waals surface area contributed by atoms with E-state index >= 15 is 0 Å². The molecule has 2 aromatic heterocycles. The Morgan fingerprint density at radius 2 is 2.24 bits per heavy atom. The first kappa shape index (κ1) is 19.8. The largest absolute Gasteiger partial charge is 0.383 e. The Morgan fingerprint density at radius 3 is 2.93 bits per heavy atom. The number of nitrogens with two attached hydrogens (primary N) is 1. The van der Waals surface area contributed by atoms with Gasteiger partial charge in [-0.3, -0.25) is 4.79 Å². The molecular formula is C21H22BrFN4O2. The second-order valence-electron chi connectivity index (χ2n) is 7.22. The van der Waals surface area contributed by atoms with Crippen molar-refractivity contribution in [1.29, 1.82) is 0 Å². The summed E-state index contributed by atoms with van der Waals surface area (Å²) in [5.74, 6) is -0.152. The molecule has 0 aliphatic carbocycles. The lowest BCUT2D eigenvalue weighted by atomic mass is 10.1. The highest BCUT2D eigenvalue weighted by molar-refractivity contribution is 9.10. The molecular weight excluding hydrogens is 439 g/mol. The average Bonchev–Trinajstić information content (AvgIpc) is 3.26. The lowest BCUT2D eigenvalue weighted by Crippen LogP contribution is -2.34. The summed E-state index contributed by atoms with van der Waals surface area (Å²) >= 11 is 3.27. The fourth-order valence-corrected chi connectivity index (χ4v) is 4.34. The highest BCUT2D eigenvalue weighted by Gasteiger charge is 2.29. The summed E-state index contributed by atoms with van der Waals surface area (Å²) in [6.45, 7) is 6.47. The molecule has 1 aliphatic heterocycles. The van der Waals surface area contributed by atoms with Crippen LogP contribution in [-0.4, -0.2) is 27.3 Å². The predicted octanol–water partition coefficient (Wildman–Crippen LogP) is 4.86. The van der Waals surface area contributed by atoms with E-state index in [9.17, 15) is 9.18 Å². The van der Waals surface area contributed by atoms with Crippen LogP contribution in [0.15, 0.2) is 28.7 Å².